The normalized spacial score (nSPS) is 17.1. The molecule has 3 rings (SSSR count). The number of nitrogens with zero attached hydrogens (tertiary/aromatic N) is 3. The highest BCUT2D eigenvalue weighted by Crippen LogP contribution is 2.12. The van der Waals surface area contributed by atoms with Crippen LogP contribution in [0, 0.1) is 0 Å². The third-order valence-electron chi connectivity index (χ3n) is 4.84. The van der Waals surface area contributed by atoms with Crippen LogP contribution >= 0.6 is 12.2 Å². The average molecular weight is 448 g/mol. The van der Waals surface area contributed by atoms with Crippen molar-refractivity contribution >= 4 is 34.9 Å². The van der Waals surface area contributed by atoms with Gasteiger partial charge in [-0.25, -0.2) is 9.78 Å². The van der Waals surface area contributed by atoms with Gasteiger partial charge in [-0.05, 0) is 6.08 Å². The minimum absolute atomic E-state index is 0.0272. The second-order valence-corrected chi connectivity index (χ2v) is 7.54. The van der Waals surface area contributed by atoms with Crippen LogP contribution < -0.4 is 11.1 Å². The standard InChI is InChI=1S/C20H25N5O5S/c21-19(27)15(23-18(26)5-8-30-16-3-1-2-4-17(16)31)11-14-12-22-13-25(14)20(28)24-6-9-29-10-7-24/h1-3,12-13,15H,4-11H2,(H2,21,27)(H,23,26)/t15-/m1/s1. The van der Waals surface area contributed by atoms with E-state index in [4.69, 9.17) is 27.4 Å². The molecule has 166 valence electrons. The van der Waals surface area contributed by atoms with Crippen LogP contribution in [0.25, 0.3) is 0 Å². The number of nitrogens with one attached hydrogen (secondary N) is 1. The summed E-state index contributed by atoms with van der Waals surface area (Å²) < 4.78 is 12.2. The van der Waals surface area contributed by atoms with E-state index in [0.717, 1.165) is 0 Å². The molecule has 3 N–H and O–H groups in total. The predicted octanol–water partition coefficient (Wildman–Crippen LogP) is 0.316. The number of primary amides is 1. The van der Waals surface area contributed by atoms with E-state index in [1.165, 1.54) is 17.1 Å². The molecule has 10 nitrogen and oxygen atoms in total. The van der Waals surface area contributed by atoms with Gasteiger partial charge in [0.15, 0.2) is 0 Å². The highest BCUT2D eigenvalue weighted by Gasteiger charge is 2.25. The molecule has 0 aromatic carbocycles. The fourth-order valence-corrected chi connectivity index (χ4v) is 3.38. The van der Waals surface area contributed by atoms with Crippen molar-refractivity contribution in [2.45, 2.75) is 25.3 Å². The Morgan fingerprint density at radius 2 is 2.10 bits per heavy atom. The maximum atomic E-state index is 12.7. The van der Waals surface area contributed by atoms with Gasteiger partial charge in [0.25, 0.3) is 0 Å². The van der Waals surface area contributed by atoms with Crippen LogP contribution in [0.1, 0.15) is 18.5 Å². The molecule has 1 aromatic rings. The number of amides is 3. The summed E-state index contributed by atoms with van der Waals surface area (Å²) >= 11 is 5.20. The number of carbonyl (C=O) groups excluding carboxylic acids is 3. The topological polar surface area (TPSA) is 129 Å². The molecule has 1 fully saturated rings. The number of thiocarbonyl (C=S) groups is 1. The number of ether oxygens (including phenoxy) is 2. The SMILES string of the molecule is NC(=O)[C@@H](Cc1cncn1C(=O)N1CCOCC1)NC(=O)CCOC1=CC=CCC1=S. The van der Waals surface area contributed by atoms with Crippen LogP contribution in [0.3, 0.4) is 0 Å². The van der Waals surface area contributed by atoms with Gasteiger partial charge in [0.05, 0.1) is 31.1 Å². The van der Waals surface area contributed by atoms with E-state index in [0.29, 0.717) is 49.0 Å². The molecular weight excluding hydrogens is 422 g/mol. The van der Waals surface area contributed by atoms with Crippen molar-refractivity contribution < 1.29 is 23.9 Å². The maximum Gasteiger partial charge on any atom is 0.329 e. The number of hydrogen-bond acceptors (Lipinski definition) is 7. The summed E-state index contributed by atoms with van der Waals surface area (Å²) in [4.78, 5) is 43.3. The minimum atomic E-state index is -0.988. The van der Waals surface area contributed by atoms with Gasteiger partial charge >= 0.3 is 6.03 Å². The molecule has 2 aliphatic rings. The monoisotopic (exact) mass is 447 g/mol. The lowest BCUT2D eigenvalue weighted by atomic mass is 10.1. The zero-order chi connectivity index (χ0) is 22.2. The van der Waals surface area contributed by atoms with Crippen molar-refractivity contribution in [2.75, 3.05) is 32.9 Å². The third kappa shape index (κ3) is 6.22. The molecule has 0 spiro atoms. The number of hydrogen-bond donors (Lipinski definition) is 2. The fourth-order valence-electron chi connectivity index (χ4n) is 3.16. The smallest absolute Gasteiger partial charge is 0.329 e. The lowest BCUT2D eigenvalue weighted by molar-refractivity contribution is -0.127. The molecular formula is C20H25N5O5S. The average Bonchev–Trinajstić information content (AvgIpc) is 3.23. The Balaban J connectivity index is 1.55. The van der Waals surface area contributed by atoms with E-state index in [1.54, 1.807) is 11.0 Å². The largest absolute Gasteiger partial charge is 0.492 e. The fraction of sp³-hybridized carbons (Fsp3) is 0.450. The van der Waals surface area contributed by atoms with Gasteiger partial charge in [-0.3, -0.25) is 14.2 Å². The molecule has 3 amide bonds. The summed E-state index contributed by atoms with van der Waals surface area (Å²) in [6.07, 6.45) is 9.08. The number of rotatable bonds is 8. The molecule has 1 atom stereocenters. The van der Waals surface area contributed by atoms with E-state index in [-0.39, 0.29) is 25.5 Å². The molecule has 1 aromatic heterocycles. The van der Waals surface area contributed by atoms with E-state index in [2.05, 4.69) is 10.3 Å². The quantitative estimate of drug-likeness (QED) is 0.549. The molecule has 0 bridgehead atoms. The summed E-state index contributed by atoms with van der Waals surface area (Å²) in [5, 5.41) is 2.60. The van der Waals surface area contributed by atoms with Gasteiger partial charge < -0.3 is 25.4 Å². The summed E-state index contributed by atoms with van der Waals surface area (Å²) in [7, 11) is 0. The van der Waals surface area contributed by atoms with Crippen LogP contribution in [-0.2, 0) is 25.5 Å². The zero-order valence-electron chi connectivity index (χ0n) is 17.0. The maximum absolute atomic E-state index is 12.7. The molecule has 0 saturated carbocycles. The molecule has 2 heterocycles. The predicted molar refractivity (Wildman–Crippen MR) is 115 cm³/mol. The van der Waals surface area contributed by atoms with Crippen LogP contribution in [0.15, 0.2) is 36.5 Å². The van der Waals surface area contributed by atoms with Crippen molar-refractivity contribution in [3.63, 3.8) is 0 Å². The first-order valence-corrected chi connectivity index (χ1v) is 10.4. The Bertz CT molecular complexity index is 904. The lowest BCUT2D eigenvalue weighted by Gasteiger charge is -2.27. The molecule has 0 unspecified atom stereocenters. The first-order valence-electron chi connectivity index (χ1n) is 9.95. The van der Waals surface area contributed by atoms with Crippen LogP contribution in [0.4, 0.5) is 4.79 Å². The summed E-state index contributed by atoms with van der Waals surface area (Å²) in [6.45, 7) is 2.00. The van der Waals surface area contributed by atoms with Crippen molar-refractivity contribution in [1.29, 1.82) is 0 Å². The number of morpholine rings is 1. The molecule has 1 aliphatic carbocycles. The van der Waals surface area contributed by atoms with Crippen LogP contribution in [0.5, 0.6) is 0 Å². The number of carbonyl (C=O) groups is 3. The van der Waals surface area contributed by atoms with Crippen molar-refractivity contribution in [3.05, 3.63) is 42.2 Å². The Morgan fingerprint density at radius 3 is 2.81 bits per heavy atom. The van der Waals surface area contributed by atoms with E-state index >= 15 is 0 Å². The Kier molecular flexibility index (Phi) is 7.90. The molecule has 1 saturated heterocycles. The Hall–Kier alpha value is -3.05. The summed E-state index contributed by atoms with van der Waals surface area (Å²) in [5.41, 5.74) is 5.95. The number of aromatic nitrogens is 2. The second-order valence-electron chi connectivity index (χ2n) is 7.05. The van der Waals surface area contributed by atoms with Crippen molar-refractivity contribution in [3.8, 4) is 0 Å². The first kappa shape index (κ1) is 22.6. The van der Waals surface area contributed by atoms with Gasteiger partial charge in [-0.2, -0.15) is 0 Å². The zero-order valence-corrected chi connectivity index (χ0v) is 17.8. The van der Waals surface area contributed by atoms with Crippen molar-refractivity contribution in [1.82, 2.24) is 19.8 Å². The Morgan fingerprint density at radius 1 is 1.32 bits per heavy atom. The van der Waals surface area contributed by atoms with Gasteiger partial charge in [0.2, 0.25) is 11.8 Å². The lowest BCUT2D eigenvalue weighted by Crippen LogP contribution is -2.47. The minimum Gasteiger partial charge on any atom is -0.492 e. The second kappa shape index (κ2) is 10.8. The van der Waals surface area contributed by atoms with Crippen LogP contribution in [0.2, 0.25) is 0 Å². The van der Waals surface area contributed by atoms with Crippen LogP contribution in [-0.4, -0.2) is 76.1 Å². The molecule has 1 aliphatic heterocycles. The van der Waals surface area contributed by atoms with Gasteiger partial charge in [-0.1, -0.05) is 24.4 Å². The summed E-state index contributed by atoms with van der Waals surface area (Å²) in [6, 6.07) is -1.25. The molecule has 0 radical (unpaired) electrons. The van der Waals surface area contributed by atoms with E-state index in [1.807, 2.05) is 12.2 Å². The van der Waals surface area contributed by atoms with E-state index in [9.17, 15) is 14.4 Å². The van der Waals surface area contributed by atoms with Crippen molar-refractivity contribution in [2.24, 2.45) is 5.73 Å². The third-order valence-corrected chi connectivity index (χ3v) is 5.21. The first-order chi connectivity index (χ1) is 15.0. The highest BCUT2D eigenvalue weighted by molar-refractivity contribution is 7.80. The highest BCUT2D eigenvalue weighted by atomic mass is 32.1. The molecule has 11 heteroatoms. The number of nitrogens with two attached hydrogens (primary N) is 1. The number of allylic oxidation sites excluding steroid dienone is 4. The Labute approximate surface area is 185 Å². The van der Waals surface area contributed by atoms with Gasteiger partial charge in [0.1, 0.15) is 18.1 Å². The van der Waals surface area contributed by atoms with Gasteiger partial charge in [0, 0.05) is 37.8 Å². The summed E-state index contributed by atoms with van der Waals surface area (Å²) in [5.74, 6) is -0.531. The van der Waals surface area contributed by atoms with E-state index < -0.39 is 17.9 Å². The van der Waals surface area contributed by atoms with Gasteiger partial charge in [-0.15, -0.1) is 0 Å². The molecule has 31 heavy (non-hydrogen) atoms. The number of imidazole rings is 1.